The zero-order valence-corrected chi connectivity index (χ0v) is 18.1. The van der Waals surface area contributed by atoms with Crippen LogP contribution >= 0.6 is 22.7 Å². The topological polar surface area (TPSA) is 109 Å². The fourth-order valence-electron chi connectivity index (χ4n) is 3.31. The number of hydrogen-bond acceptors (Lipinski definition) is 8. The first-order valence-electron chi connectivity index (χ1n) is 8.92. The van der Waals surface area contributed by atoms with E-state index in [1.165, 1.54) is 11.3 Å². The van der Waals surface area contributed by atoms with E-state index in [0.29, 0.717) is 26.5 Å². The van der Waals surface area contributed by atoms with Crippen LogP contribution in [0.5, 0.6) is 0 Å². The number of nitrogens with two attached hydrogens (primary N) is 1. The molecule has 0 fully saturated rings. The van der Waals surface area contributed by atoms with Gasteiger partial charge in [0.25, 0.3) is 0 Å². The molecular formula is C21H14N3O3S3-. The number of thiazole rings is 2. The van der Waals surface area contributed by atoms with Crippen molar-refractivity contribution in [2.75, 3.05) is 5.73 Å². The minimum atomic E-state index is -4.59. The lowest BCUT2D eigenvalue weighted by atomic mass is 10.2. The van der Waals surface area contributed by atoms with Gasteiger partial charge in [0.05, 0.1) is 25.3 Å². The van der Waals surface area contributed by atoms with Gasteiger partial charge in [0.1, 0.15) is 20.1 Å². The van der Waals surface area contributed by atoms with E-state index < -0.39 is 10.1 Å². The number of nitrogen functional groups attached to an aromatic ring is 1. The molecule has 6 nitrogen and oxygen atoms in total. The molecule has 30 heavy (non-hydrogen) atoms. The first kappa shape index (κ1) is 19.1. The average molecular weight is 453 g/mol. The van der Waals surface area contributed by atoms with Crippen molar-refractivity contribution in [3.8, 4) is 21.1 Å². The molecule has 150 valence electrons. The Bertz CT molecular complexity index is 1530. The third-order valence-electron chi connectivity index (χ3n) is 4.75. The van der Waals surface area contributed by atoms with Crippen molar-refractivity contribution in [3.05, 3.63) is 60.2 Å². The maximum Gasteiger partial charge on any atom is 0.126 e. The molecule has 2 heterocycles. The maximum absolute atomic E-state index is 11.8. The Labute approximate surface area is 180 Å². The van der Waals surface area contributed by atoms with Gasteiger partial charge >= 0.3 is 0 Å². The van der Waals surface area contributed by atoms with Crippen molar-refractivity contribution in [3.63, 3.8) is 0 Å². The van der Waals surface area contributed by atoms with Crippen LogP contribution in [0.1, 0.15) is 5.56 Å². The molecule has 0 bridgehead atoms. The van der Waals surface area contributed by atoms with Gasteiger partial charge in [-0.15, -0.1) is 22.7 Å². The van der Waals surface area contributed by atoms with Crippen molar-refractivity contribution in [2.45, 2.75) is 11.8 Å². The SMILES string of the molecule is Cc1ccc2nc(-c3ccc4nc(-c5ccc(N)cc5)sc4c3)sc2c1S(=O)(=O)[O-]. The van der Waals surface area contributed by atoms with Crippen molar-refractivity contribution in [1.82, 2.24) is 9.97 Å². The summed E-state index contributed by atoms with van der Waals surface area (Å²) in [6, 6.07) is 16.7. The fraction of sp³-hybridized carbons (Fsp3) is 0.0476. The van der Waals surface area contributed by atoms with Gasteiger partial charge in [-0.3, -0.25) is 0 Å². The summed E-state index contributed by atoms with van der Waals surface area (Å²) in [6.45, 7) is 1.62. The lowest BCUT2D eigenvalue weighted by Crippen LogP contribution is -2.01. The van der Waals surface area contributed by atoms with Gasteiger partial charge in [0.2, 0.25) is 0 Å². The second-order valence-corrected chi connectivity index (χ2v) is 10.2. The summed E-state index contributed by atoms with van der Waals surface area (Å²) in [5.41, 5.74) is 10.1. The molecule has 5 rings (SSSR count). The Morgan fingerprint density at radius 1 is 0.867 bits per heavy atom. The number of anilines is 1. The minimum absolute atomic E-state index is 0.187. The van der Waals surface area contributed by atoms with E-state index in [1.54, 1.807) is 30.4 Å². The molecule has 2 aromatic heterocycles. The van der Waals surface area contributed by atoms with Crippen molar-refractivity contribution < 1.29 is 13.0 Å². The molecule has 0 spiro atoms. The number of aryl methyl sites for hydroxylation is 1. The van der Waals surface area contributed by atoms with Crippen LogP contribution in [0, 0.1) is 6.92 Å². The van der Waals surface area contributed by atoms with Gasteiger partial charge in [0.15, 0.2) is 0 Å². The minimum Gasteiger partial charge on any atom is -0.744 e. The smallest absolute Gasteiger partial charge is 0.126 e. The second-order valence-electron chi connectivity index (χ2n) is 6.86. The van der Waals surface area contributed by atoms with E-state index in [1.807, 2.05) is 42.5 Å². The third kappa shape index (κ3) is 3.25. The number of aromatic nitrogens is 2. The third-order valence-corrected chi connectivity index (χ3v) is 8.11. The predicted molar refractivity (Wildman–Crippen MR) is 121 cm³/mol. The largest absolute Gasteiger partial charge is 0.744 e. The molecule has 0 atom stereocenters. The van der Waals surface area contributed by atoms with E-state index in [9.17, 15) is 13.0 Å². The standard InChI is InChI=1S/C21H15N3O3S3/c1-11-2-8-16-18(19(11)30(25,26)27)29-21(24-16)13-5-9-15-17(10-13)28-20(23-15)12-3-6-14(22)7-4-12/h2-10H,22H2,1H3,(H,25,26,27)/p-1. The van der Waals surface area contributed by atoms with Crippen molar-refractivity contribution in [1.29, 1.82) is 0 Å². The van der Waals surface area contributed by atoms with Gasteiger partial charge in [0, 0.05) is 16.8 Å². The average Bonchev–Trinajstić information content (AvgIpc) is 3.30. The second kappa shape index (κ2) is 6.85. The van der Waals surface area contributed by atoms with E-state index in [4.69, 9.17) is 5.73 Å². The van der Waals surface area contributed by atoms with Crippen LogP contribution in [-0.2, 0) is 10.1 Å². The summed E-state index contributed by atoms with van der Waals surface area (Å²) in [6.07, 6.45) is 0. The molecule has 0 amide bonds. The van der Waals surface area contributed by atoms with Crippen LogP contribution in [0.4, 0.5) is 5.69 Å². The molecule has 3 aromatic carbocycles. The summed E-state index contributed by atoms with van der Waals surface area (Å²) in [4.78, 5) is 9.07. The van der Waals surface area contributed by atoms with Gasteiger partial charge in [-0.1, -0.05) is 6.07 Å². The first-order valence-corrected chi connectivity index (χ1v) is 12.0. The van der Waals surface area contributed by atoms with Crippen LogP contribution in [0.15, 0.2) is 59.5 Å². The number of hydrogen-bond donors (Lipinski definition) is 1. The highest BCUT2D eigenvalue weighted by Gasteiger charge is 2.17. The lowest BCUT2D eigenvalue weighted by molar-refractivity contribution is 0.463. The molecular weight excluding hydrogens is 438 g/mol. The van der Waals surface area contributed by atoms with Crippen molar-refractivity contribution in [2.24, 2.45) is 0 Å². The van der Waals surface area contributed by atoms with Gasteiger partial charge < -0.3 is 10.3 Å². The zero-order valence-electron chi connectivity index (χ0n) is 15.6. The molecule has 0 aliphatic carbocycles. The zero-order chi connectivity index (χ0) is 21.0. The van der Waals surface area contributed by atoms with E-state index in [0.717, 1.165) is 26.4 Å². The van der Waals surface area contributed by atoms with E-state index in [2.05, 4.69) is 9.97 Å². The van der Waals surface area contributed by atoms with Crippen LogP contribution in [0.3, 0.4) is 0 Å². The molecule has 5 aromatic rings. The highest BCUT2D eigenvalue weighted by Crippen LogP contribution is 2.38. The molecule has 9 heteroatoms. The van der Waals surface area contributed by atoms with E-state index >= 15 is 0 Å². The molecule has 0 aliphatic rings. The summed E-state index contributed by atoms with van der Waals surface area (Å²) in [5, 5.41) is 1.55. The number of benzene rings is 3. The predicted octanol–water partition coefficient (Wildman–Crippen LogP) is 5.03. The Kier molecular flexibility index (Phi) is 4.37. The summed E-state index contributed by atoms with van der Waals surface area (Å²) in [7, 11) is -4.59. The quantitative estimate of drug-likeness (QED) is 0.304. The Morgan fingerprint density at radius 2 is 1.50 bits per heavy atom. The monoisotopic (exact) mass is 452 g/mol. The van der Waals surface area contributed by atoms with Gasteiger partial charge in [-0.2, -0.15) is 0 Å². The summed E-state index contributed by atoms with van der Waals surface area (Å²) < 4.78 is 36.7. The van der Waals surface area contributed by atoms with Crippen LogP contribution in [0.25, 0.3) is 41.6 Å². The van der Waals surface area contributed by atoms with E-state index in [-0.39, 0.29) is 4.90 Å². The highest BCUT2D eigenvalue weighted by molar-refractivity contribution is 7.86. The number of rotatable bonds is 3. The van der Waals surface area contributed by atoms with Crippen molar-refractivity contribution >= 4 is 58.9 Å². The number of fused-ring (bicyclic) bond motifs is 2. The number of nitrogens with zero attached hydrogens (tertiary/aromatic N) is 2. The maximum atomic E-state index is 11.8. The molecule has 0 unspecified atom stereocenters. The van der Waals surface area contributed by atoms with Gasteiger partial charge in [-0.05, 0) is 61.0 Å². The van der Waals surface area contributed by atoms with Gasteiger partial charge in [-0.25, -0.2) is 18.4 Å². The molecule has 0 saturated carbocycles. The molecule has 0 radical (unpaired) electrons. The van der Waals surface area contributed by atoms with Crippen LogP contribution < -0.4 is 5.73 Å². The molecule has 0 aliphatic heterocycles. The Hall–Kier alpha value is -2.85. The van der Waals surface area contributed by atoms with Crippen LogP contribution in [0.2, 0.25) is 0 Å². The Morgan fingerprint density at radius 3 is 2.23 bits per heavy atom. The highest BCUT2D eigenvalue weighted by atomic mass is 32.2. The fourth-order valence-corrected chi connectivity index (χ4v) is 6.60. The molecule has 0 saturated heterocycles. The Balaban J connectivity index is 1.63. The van der Waals surface area contributed by atoms with Crippen LogP contribution in [-0.4, -0.2) is 22.9 Å². The normalized spacial score (nSPS) is 12.1. The first-order chi connectivity index (χ1) is 14.3. The molecule has 2 N–H and O–H groups in total. The summed E-state index contributed by atoms with van der Waals surface area (Å²) >= 11 is 2.77. The lowest BCUT2D eigenvalue weighted by Gasteiger charge is -2.10. The summed E-state index contributed by atoms with van der Waals surface area (Å²) in [5.74, 6) is 0.